The maximum Gasteiger partial charge on any atom is 0.0900 e. The Labute approximate surface area is 143 Å². The van der Waals surface area contributed by atoms with Crippen LogP contribution in [0.25, 0.3) is 0 Å². The van der Waals surface area contributed by atoms with Crippen LogP contribution in [0.2, 0.25) is 5.02 Å². The molecule has 5 heteroatoms. The largest absolute Gasteiger partial charge is 0.389 e. The normalized spacial score (nSPS) is 26.7. The quantitative estimate of drug-likeness (QED) is 0.829. The molecule has 2 fully saturated rings. The van der Waals surface area contributed by atoms with Gasteiger partial charge in [0, 0.05) is 24.2 Å². The van der Waals surface area contributed by atoms with E-state index < -0.39 is 6.10 Å². The van der Waals surface area contributed by atoms with E-state index in [0.717, 1.165) is 43.9 Å². The van der Waals surface area contributed by atoms with Crippen molar-refractivity contribution in [3.05, 3.63) is 34.9 Å². The van der Waals surface area contributed by atoms with Crippen LogP contribution in [0.3, 0.4) is 0 Å². The molecule has 23 heavy (non-hydrogen) atoms. The van der Waals surface area contributed by atoms with E-state index in [0.29, 0.717) is 25.8 Å². The van der Waals surface area contributed by atoms with Crippen molar-refractivity contribution in [2.24, 2.45) is 0 Å². The zero-order chi connectivity index (χ0) is 16.1. The summed E-state index contributed by atoms with van der Waals surface area (Å²) in [6.45, 7) is 3.42. The van der Waals surface area contributed by atoms with Crippen LogP contribution in [-0.4, -0.2) is 55.1 Å². The van der Waals surface area contributed by atoms with E-state index in [2.05, 4.69) is 11.0 Å². The first kappa shape index (κ1) is 17.2. The van der Waals surface area contributed by atoms with Gasteiger partial charge < -0.3 is 14.6 Å². The lowest BCUT2D eigenvalue weighted by Crippen LogP contribution is -2.35. The van der Waals surface area contributed by atoms with Gasteiger partial charge in [-0.05, 0) is 43.9 Å². The Kier molecular flexibility index (Phi) is 6.31. The molecule has 0 bridgehead atoms. The minimum absolute atomic E-state index is 0.213. The summed E-state index contributed by atoms with van der Waals surface area (Å²) in [4.78, 5) is 2.32. The van der Waals surface area contributed by atoms with E-state index in [4.69, 9.17) is 21.1 Å². The topological polar surface area (TPSA) is 41.9 Å². The number of ether oxygens (including phenoxy) is 2. The Morgan fingerprint density at radius 3 is 2.96 bits per heavy atom. The third-order valence-corrected chi connectivity index (χ3v) is 5.06. The highest BCUT2D eigenvalue weighted by atomic mass is 35.5. The molecule has 128 valence electrons. The molecule has 4 nitrogen and oxygen atoms in total. The van der Waals surface area contributed by atoms with Crippen molar-refractivity contribution in [3.63, 3.8) is 0 Å². The van der Waals surface area contributed by atoms with Crippen molar-refractivity contribution in [3.8, 4) is 0 Å². The van der Waals surface area contributed by atoms with Crippen molar-refractivity contribution in [1.82, 2.24) is 4.90 Å². The molecule has 0 saturated carbocycles. The van der Waals surface area contributed by atoms with Crippen LogP contribution in [0.1, 0.15) is 37.3 Å². The fourth-order valence-electron chi connectivity index (χ4n) is 3.58. The van der Waals surface area contributed by atoms with Crippen LogP contribution in [0.15, 0.2) is 24.3 Å². The van der Waals surface area contributed by atoms with Gasteiger partial charge >= 0.3 is 0 Å². The second-order valence-corrected chi connectivity index (χ2v) is 6.91. The molecule has 0 unspecified atom stereocenters. The van der Waals surface area contributed by atoms with Gasteiger partial charge in [0.2, 0.25) is 0 Å². The predicted octanol–water partition coefficient (Wildman–Crippen LogP) is 3.03. The zero-order valence-corrected chi connectivity index (χ0v) is 14.3. The highest BCUT2D eigenvalue weighted by Gasteiger charge is 2.29. The SMILES string of the molecule is O[C@H](COC[C@@H]1CCCO1)CN1CCC[C@@H]1c1ccccc1Cl. The zero-order valence-electron chi connectivity index (χ0n) is 13.5. The first-order valence-corrected chi connectivity index (χ1v) is 8.97. The van der Waals surface area contributed by atoms with E-state index in [-0.39, 0.29) is 6.10 Å². The molecule has 0 aliphatic carbocycles. The number of halogens is 1. The molecule has 1 aromatic rings. The van der Waals surface area contributed by atoms with Crippen molar-refractivity contribution < 1.29 is 14.6 Å². The number of nitrogens with zero attached hydrogens (tertiary/aromatic N) is 1. The van der Waals surface area contributed by atoms with Gasteiger partial charge in [0.05, 0.1) is 25.4 Å². The van der Waals surface area contributed by atoms with Gasteiger partial charge in [-0.1, -0.05) is 29.8 Å². The molecule has 2 saturated heterocycles. The van der Waals surface area contributed by atoms with Crippen molar-refractivity contribution in [2.75, 3.05) is 32.9 Å². The number of likely N-dealkylation sites (tertiary alicyclic amines) is 1. The van der Waals surface area contributed by atoms with Gasteiger partial charge in [-0.25, -0.2) is 0 Å². The summed E-state index contributed by atoms with van der Waals surface area (Å²) in [7, 11) is 0. The first-order valence-electron chi connectivity index (χ1n) is 8.60. The number of aliphatic hydroxyl groups excluding tert-OH is 1. The second-order valence-electron chi connectivity index (χ2n) is 6.50. The van der Waals surface area contributed by atoms with Gasteiger partial charge in [0.1, 0.15) is 0 Å². The monoisotopic (exact) mass is 339 g/mol. The molecular formula is C18H26ClNO3. The van der Waals surface area contributed by atoms with Crippen LogP contribution in [0.4, 0.5) is 0 Å². The summed E-state index contributed by atoms with van der Waals surface area (Å²) in [5, 5.41) is 11.1. The minimum Gasteiger partial charge on any atom is -0.389 e. The molecule has 1 aromatic carbocycles. The predicted molar refractivity (Wildman–Crippen MR) is 90.8 cm³/mol. The van der Waals surface area contributed by atoms with Crippen LogP contribution in [-0.2, 0) is 9.47 Å². The summed E-state index contributed by atoms with van der Waals surface area (Å²) >= 11 is 6.33. The molecule has 0 amide bonds. The van der Waals surface area contributed by atoms with Crippen molar-refractivity contribution in [1.29, 1.82) is 0 Å². The molecule has 1 N–H and O–H groups in total. The molecule has 2 aliphatic rings. The number of rotatable bonds is 7. The van der Waals surface area contributed by atoms with E-state index in [1.54, 1.807) is 0 Å². The lowest BCUT2D eigenvalue weighted by molar-refractivity contribution is -0.0261. The Hall–Kier alpha value is -0.650. The van der Waals surface area contributed by atoms with Crippen LogP contribution in [0, 0.1) is 0 Å². The molecule has 2 heterocycles. The van der Waals surface area contributed by atoms with Crippen LogP contribution >= 0.6 is 11.6 Å². The fourth-order valence-corrected chi connectivity index (χ4v) is 3.84. The smallest absolute Gasteiger partial charge is 0.0900 e. The number of hydrogen-bond acceptors (Lipinski definition) is 4. The van der Waals surface area contributed by atoms with Crippen molar-refractivity contribution in [2.45, 2.75) is 43.9 Å². The third kappa shape index (κ3) is 4.68. The average molecular weight is 340 g/mol. The van der Waals surface area contributed by atoms with Crippen LogP contribution in [0.5, 0.6) is 0 Å². The summed E-state index contributed by atoms with van der Waals surface area (Å²) in [6, 6.07) is 8.31. The molecule has 0 spiro atoms. The maximum absolute atomic E-state index is 10.3. The molecular weight excluding hydrogens is 314 g/mol. The number of benzene rings is 1. The minimum atomic E-state index is -0.473. The molecule has 3 atom stereocenters. The van der Waals surface area contributed by atoms with E-state index in [9.17, 15) is 5.11 Å². The van der Waals surface area contributed by atoms with Gasteiger partial charge in [0.15, 0.2) is 0 Å². The fraction of sp³-hybridized carbons (Fsp3) is 0.667. The Balaban J connectivity index is 1.47. The summed E-state index contributed by atoms with van der Waals surface area (Å²) < 4.78 is 11.2. The molecule has 2 aliphatic heterocycles. The highest BCUT2D eigenvalue weighted by Crippen LogP contribution is 2.35. The maximum atomic E-state index is 10.3. The first-order chi connectivity index (χ1) is 11.2. The Morgan fingerprint density at radius 1 is 1.30 bits per heavy atom. The van der Waals surface area contributed by atoms with Gasteiger partial charge in [-0.3, -0.25) is 4.90 Å². The second kappa shape index (κ2) is 8.45. The van der Waals surface area contributed by atoms with Crippen LogP contribution < -0.4 is 0 Å². The highest BCUT2D eigenvalue weighted by molar-refractivity contribution is 6.31. The lowest BCUT2D eigenvalue weighted by atomic mass is 10.0. The van der Waals surface area contributed by atoms with Gasteiger partial charge in [-0.2, -0.15) is 0 Å². The van der Waals surface area contributed by atoms with E-state index in [1.165, 1.54) is 5.56 Å². The lowest BCUT2D eigenvalue weighted by Gasteiger charge is -2.27. The van der Waals surface area contributed by atoms with E-state index in [1.807, 2.05) is 18.2 Å². The number of aliphatic hydroxyl groups is 1. The third-order valence-electron chi connectivity index (χ3n) is 4.71. The van der Waals surface area contributed by atoms with Crippen molar-refractivity contribution >= 4 is 11.6 Å². The van der Waals surface area contributed by atoms with Gasteiger partial charge in [-0.15, -0.1) is 0 Å². The summed E-state index contributed by atoms with van der Waals surface area (Å²) in [5.74, 6) is 0. The summed E-state index contributed by atoms with van der Waals surface area (Å²) in [6.07, 6.45) is 4.15. The van der Waals surface area contributed by atoms with E-state index >= 15 is 0 Å². The standard InChI is InChI=1S/C18H26ClNO3/c19-17-7-2-1-6-16(17)18-8-3-9-20(18)11-14(21)12-22-13-15-5-4-10-23-15/h1-2,6-7,14-15,18,21H,3-5,8-13H2/t14-,15-,18+/m0/s1. The molecule has 0 radical (unpaired) electrons. The summed E-state index contributed by atoms with van der Waals surface area (Å²) in [5.41, 5.74) is 1.17. The molecule has 3 rings (SSSR count). The molecule has 0 aromatic heterocycles. The Bertz CT molecular complexity index is 493. The average Bonchev–Trinajstić information content (AvgIpc) is 3.20. The Morgan fingerprint density at radius 2 is 2.17 bits per heavy atom. The van der Waals surface area contributed by atoms with Gasteiger partial charge in [0.25, 0.3) is 0 Å². The number of β-amino-alcohol motifs (C(OH)–C–C–N with tert-alkyl or cyclic N) is 1. The number of hydrogen-bond donors (Lipinski definition) is 1.